The van der Waals surface area contributed by atoms with Crippen LogP contribution < -0.4 is 13.7 Å². The van der Waals surface area contributed by atoms with Crippen molar-refractivity contribution in [1.82, 2.24) is 0 Å². The zero-order chi connectivity index (χ0) is 18.4. The fourth-order valence-electron chi connectivity index (χ4n) is 2.15. The molecule has 8 heteroatoms. The van der Waals surface area contributed by atoms with Crippen molar-refractivity contribution in [3.05, 3.63) is 22.8 Å². The minimum absolute atomic E-state index is 0.143. The van der Waals surface area contributed by atoms with Crippen molar-refractivity contribution < 1.29 is 52.9 Å². The van der Waals surface area contributed by atoms with E-state index >= 15 is 0 Å². The van der Waals surface area contributed by atoms with Gasteiger partial charge in [0, 0.05) is 0 Å². The van der Waals surface area contributed by atoms with Gasteiger partial charge in [0.05, 0.1) is 0 Å². The predicted molar refractivity (Wildman–Crippen MR) is 80.0 cm³/mol. The summed E-state index contributed by atoms with van der Waals surface area (Å²) in [4.78, 5) is 22.5. The topological polar surface area (TPSA) is 89.6 Å². The van der Waals surface area contributed by atoms with E-state index in [2.05, 4.69) is 0 Å². The van der Waals surface area contributed by atoms with Crippen LogP contribution in [0.15, 0.2) is 0 Å². The summed E-state index contributed by atoms with van der Waals surface area (Å²) in [6.45, 7) is 3.52. The maximum atomic E-state index is 14.7. The summed E-state index contributed by atoms with van der Waals surface area (Å²) in [5.74, 6) is -5.41. The second kappa shape index (κ2) is 9.26. The van der Waals surface area contributed by atoms with Crippen molar-refractivity contribution in [2.45, 2.75) is 39.5 Å². The molecule has 0 spiro atoms. The third kappa shape index (κ3) is 4.85. The van der Waals surface area contributed by atoms with Crippen molar-refractivity contribution in [3.8, 4) is 5.75 Å². The van der Waals surface area contributed by atoms with Gasteiger partial charge in [-0.1, -0.05) is 0 Å². The molecule has 3 N–H and O–H groups in total. The number of carboxylic acids is 1. The number of aliphatic carboxylic acids is 1. The number of ether oxygens (including phenoxy) is 1. The van der Waals surface area contributed by atoms with Gasteiger partial charge in [0.25, 0.3) is 0 Å². The number of benzene rings is 1. The van der Waals surface area contributed by atoms with E-state index in [1.807, 2.05) is 6.92 Å². The van der Waals surface area contributed by atoms with Crippen LogP contribution in [0.25, 0.3) is 0 Å². The first kappa shape index (κ1) is 20.7. The molecule has 5 nitrogen and oxygen atoms in total. The van der Waals surface area contributed by atoms with E-state index in [0.717, 1.165) is 37.6 Å². The molecule has 0 aliphatic rings. The molecule has 1 rings (SSSR count). The van der Waals surface area contributed by atoms with Gasteiger partial charge in [0.2, 0.25) is 0 Å². The fourth-order valence-corrected chi connectivity index (χ4v) is 3.28. The normalized spacial score (nSPS) is 12.0. The van der Waals surface area contributed by atoms with Crippen molar-refractivity contribution in [3.63, 3.8) is 0 Å². The number of unbranched alkanes of at least 4 members (excludes halogenated alkanes) is 2. The summed E-state index contributed by atoms with van der Waals surface area (Å²) in [7, 11) is 0. The first-order valence-electron chi connectivity index (χ1n) is 7.57. The van der Waals surface area contributed by atoms with Gasteiger partial charge in [-0.3, -0.25) is 0 Å². The van der Waals surface area contributed by atoms with Gasteiger partial charge >= 0.3 is 154 Å². The number of carbonyl (C=O) groups excluding carboxylic acids is 1. The molecule has 0 radical (unpaired) electrons. The second-order valence-electron chi connectivity index (χ2n) is 5.49. The third-order valence-electron chi connectivity index (χ3n) is 3.54. The van der Waals surface area contributed by atoms with E-state index in [1.54, 1.807) is 0 Å². The molecule has 1 aromatic carbocycles. The molecule has 1 unspecified atom stereocenters. The summed E-state index contributed by atoms with van der Waals surface area (Å²) in [6.07, 6.45) is 2.17. The van der Waals surface area contributed by atoms with E-state index in [4.69, 9.17) is 15.6 Å². The minimum atomic E-state index is -1.13. The van der Waals surface area contributed by atoms with E-state index in [9.17, 15) is 18.4 Å². The number of hydrogen-bond donors (Lipinski definition) is 2. The van der Waals surface area contributed by atoms with Crippen LogP contribution in [-0.4, -0.2) is 23.6 Å². The molecule has 1 amide bonds. The number of rotatable bonds is 9. The molecule has 0 aromatic heterocycles. The van der Waals surface area contributed by atoms with Gasteiger partial charge < -0.3 is 0 Å². The molecule has 24 heavy (non-hydrogen) atoms. The summed E-state index contributed by atoms with van der Waals surface area (Å²) >= 11 is 0.760. The third-order valence-corrected chi connectivity index (χ3v) is 4.92. The molecular weight excluding hydrogens is 518 g/mol. The van der Waals surface area contributed by atoms with E-state index in [0.29, 0.717) is 6.42 Å². The number of primary amides is 1. The zero-order valence-corrected chi connectivity index (χ0v) is 16.4. The number of carboxylic acid groups (broad SMARTS) is 1. The Bertz CT molecular complexity index is 637. The van der Waals surface area contributed by atoms with Crippen LogP contribution in [0.3, 0.4) is 0 Å². The van der Waals surface area contributed by atoms with Gasteiger partial charge in [0.1, 0.15) is 0 Å². The summed E-state index contributed by atoms with van der Waals surface area (Å²) < 4.78 is 34.5. The Labute approximate surface area is 154 Å². The van der Waals surface area contributed by atoms with Crippen LogP contribution in [-0.2, 0) is 11.2 Å². The fraction of sp³-hybridized carbons (Fsp3) is 0.500. The number of amides is 1. The van der Waals surface area contributed by atoms with Crippen molar-refractivity contribution in [2.24, 2.45) is 11.7 Å². The molecule has 0 fully saturated rings. The van der Waals surface area contributed by atoms with Gasteiger partial charge in [-0.2, -0.15) is 0 Å². The Kier molecular flexibility index (Phi) is 8.00. The van der Waals surface area contributed by atoms with Crippen molar-refractivity contribution in [1.29, 1.82) is 0 Å². The van der Waals surface area contributed by atoms with E-state index in [-0.39, 0.29) is 21.9 Å². The SMILES string of the molecule is CCCCCOc1c(F)c(C(N)=O)c([At])c(F)c1CC(C)C(=O)O. The Hall–Kier alpha value is -1.30. The molecule has 0 saturated heterocycles. The van der Waals surface area contributed by atoms with Crippen molar-refractivity contribution >= 4 is 15.1 Å². The molecule has 0 heterocycles. The Balaban J connectivity index is 3.36. The summed E-state index contributed by atoms with van der Waals surface area (Å²) in [5.41, 5.74) is 4.44. The monoisotopic (exact) mass is 538 g/mol. The quantitative estimate of drug-likeness (QED) is 0.472. The van der Waals surface area contributed by atoms with Crippen LogP contribution in [0.5, 0.6) is 5.75 Å². The molecule has 1 aromatic rings. The molecule has 1 atom stereocenters. The first-order chi connectivity index (χ1) is 11.2. The van der Waals surface area contributed by atoms with Crippen LogP contribution in [0.2, 0.25) is 0 Å². The number of carbonyl (C=O) groups is 2. The molecule has 0 aliphatic heterocycles. The molecule has 134 valence electrons. The van der Waals surface area contributed by atoms with Crippen LogP contribution in [0.1, 0.15) is 49.0 Å². The Morgan fingerprint density at radius 1 is 1.29 bits per heavy atom. The Morgan fingerprint density at radius 3 is 2.42 bits per heavy atom. The van der Waals surface area contributed by atoms with E-state index < -0.39 is 40.7 Å². The average molecular weight is 538 g/mol. The average Bonchev–Trinajstić information content (AvgIpc) is 2.50. The number of nitrogens with two attached hydrogens (primary N) is 1. The van der Waals surface area contributed by atoms with Crippen LogP contribution in [0.4, 0.5) is 8.78 Å². The predicted octanol–water partition coefficient (Wildman–Crippen LogP) is 2.07. The zero-order valence-electron chi connectivity index (χ0n) is 13.5. The van der Waals surface area contributed by atoms with Crippen LogP contribution in [0, 0.1) is 42.3 Å². The first-order valence-corrected chi connectivity index (χ1v) is 9.03. The van der Waals surface area contributed by atoms with Gasteiger partial charge in [-0.05, 0) is 0 Å². The van der Waals surface area contributed by atoms with Gasteiger partial charge in [0.15, 0.2) is 0 Å². The Morgan fingerprint density at radius 2 is 1.92 bits per heavy atom. The molecule has 0 aliphatic carbocycles. The number of hydrogen-bond acceptors (Lipinski definition) is 3. The van der Waals surface area contributed by atoms with Gasteiger partial charge in [-0.25, -0.2) is 0 Å². The van der Waals surface area contributed by atoms with E-state index in [1.165, 1.54) is 6.92 Å². The van der Waals surface area contributed by atoms with Gasteiger partial charge in [-0.15, -0.1) is 0 Å². The molecular formula is C16H20AtF2NO4. The summed E-state index contributed by atoms with van der Waals surface area (Å²) in [6, 6.07) is 0. The maximum absolute atomic E-state index is 14.7. The van der Waals surface area contributed by atoms with Crippen molar-refractivity contribution in [2.75, 3.05) is 6.61 Å². The summed E-state index contributed by atoms with van der Waals surface area (Å²) in [5, 5.41) is 9.02. The second-order valence-corrected chi connectivity index (χ2v) is 6.96. The number of halogens is 2. The van der Waals surface area contributed by atoms with Crippen LogP contribution >= 0.6 is 0 Å². The molecule has 0 saturated carbocycles. The molecule has 0 bridgehead atoms. The standard InChI is InChI=1S/C16H20AtF2NO4/c1-3-4-5-6-24-14-9(7-8(2)16(22)23)12(18)11(17)10(13(14)19)15(20)21/h8H,3-7H2,1-2H3,(H2,20,21)(H,22,23).